The number of halogens is 1. The molecule has 5 nitrogen and oxygen atoms in total. The van der Waals surface area contributed by atoms with Crippen molar-refractivity contribution >= 4 is 29.9 Å². The fourth-order valence-corrected chi connectivity index (χ4v) is 3.13. The quantitative estimate of drug-likeness (QED) is 0.351. The van der Waals surface area contributed by atoms with Crippen molar-refractivity contribution < 1.29 is 9.84 Å². The predicted molar refractivity (Wildman–Crippen MR) is 124 cm³/mol. The van der Waals surface area contributed by atoms with E-state index in [0.717, 1.165) is 36.6 Å². The lowest BCUT2D eigenvalue weighted by Gasteiger charge is -2.20. The molecule has 2 N–H and O–H groups in total. The molecule has 0 amide bonds. The van der Waals surface area contributed by atoms with E-state index in [0.29, 0.717) is 26.3 Å². The molecule has 0 bridgehead atoms. The molecule has 1 saturated heterocycles. The normalized spacial score (nSPS) is 16.7. The summed E-state index contributed by atoms with van der Waals surface area (Å²) in [6.07, 6.45) is 0.561. The first kappa shape index (κ1) is 22.6. The molecule has 2 aromatic carbocycles. The summed E-state index contributed by atoms with van der Waals surface area (Å²) in [5.74, 6) is 0.879. The number of likely N-dealkylation sites (tertiary alicyclic amines) is 1. The third kappa shape index (κ3) is 7.07. The van der Waals surface area contributed by atoms with E-state index in [1.165, 1.54) is 5.56 Å². The highest BCUT2D eigenvalue weighted by molar-refractivity contribution is 14.0. The molecule has 6 heteroatoms. The molecule has 1 aliphatic heterocycles. The van der Waals surface area contributed by atoms with E-state index in [-0.39, 0.29) is 30.1 Å². The van der Waals surface area contributed by atoms with Crippen molar-refractivity contribution in [2.45, 2.75) is 39.2 Å². The Kier molecular flexibility index (Phi) is 9.73. The molecule has 0 aliphatic carbocycles. The van der Waals surface area contributed by atoms with Gasteiger partial charge in [-0.3, -0.25) is 0 Å². The van der Waals surface area contributed by atoms with Crippen LogP contribution in [0.5, 0.6) is 0 Å². The third-order valence-corrected chi connectivity index (χ3v) is 4.61. The predicted octanol–water partition coefficient (Wildman–Crippen LogP) is 3.55. The van der Waals surface area contributed by atoms with Crippen LogP contribution in [0.25, 0.3) is 0 Å². The maximum atomic E-state index is 9.74. The van der Waals surface area contributed by atoms with Crippen molar-refractivity contribution in [2.75, 3.05) is 19.6 Å². The monoisotopic (exact) mass is 495 g/mol. The van der Waals surface area contributed by atoms with E-state index >= 15 is 0 Å². The second-order valence-corrected chi connectivity index (χ2v) is 6.85. The van der Waals surface area contributed by atoms with Gasteiger partial charge in [0.25, 0.3) is 0 Å². The molecule has 152 valence electrons. The number of nitrogens with zero attached hydrogens (tertiary/aromatic N) is 2. The minimum atomic E-state index is -0.246. The van der Waals surface area contributed by atoms with Crippen LogP contribution >= 0.6 is 24.0 Å². The van der Waals surface area contributed by atoms with E-state index in [9.17, 15) is 5.11 Å². The van der Waals surface area contributed by atoms with Crippen molar-refractivity contribution in [3.8, 4) is 0 Å². The third-order valence-electron chi connectivity index (χ3n) is 4.61. The minimum Gasteiger partial charge on any atom is -0.391 e. The molecule has 1 atom stereocenters. The number of aliphatic hydroxyl groups is 1. The topological polar surface area (TPSA) is 57.1 Å². The fourth-order valence-electron chi connectivity index (χ4n) is 3.13. The molecule has 0 unspecified atom stereocenters. The SMILES string of the molecule is CCNC(=NCc1ccc(COCc2ccccc2)cc1)N1CC[C@@H](O)C1.I. The maximum Gasteiger partial charge on any atom is 0.194 e. The Labute approximate surface area is 184 Å². The number of hydrogen-bond acceptors (Lipinski definition) is 3. The number of aliphatic imine (C=N–C) groups is 1. The zero-order valence-corrected chi connectivity index (χ0v) is 18.7. The average Bonchev–Trinajstić information content (AvgIpc) is 3.13. The summed E-state index contributed by atoms with van der Waals surface area (Å²) in [4.78, 5) is 6.85. The zero-order valence-electron chi connectivity index (χ0n) is 16.4. The van der Waals surface area contributed by atoms with Crippen LogP contribution in [-0.2, 0) is 24.5 Å². The van der Waals surface area contributed by atoms with Crippen LogP contribution in [0.4, 0.5) is 0 Å². The summed E-state index contributed by atoms with van der Waals surface area (Å²) in [5.41, 5.74) is 3.51. The lowest BCUT2D eigenvalue weighted by Crippen LogP contribution is -2.40. The maximum absolute atomic E-state index is 9.74. The number of β-amino-alcohol motifs (C(OH)–C–C–N with tert-alkyl or cyclic N) is 1. The highest BCUT2D eigenvalue weighted by Gasteiger charge is 2.22. The second kappa shape index (κ2) is 12.0. The average molecular weight is 495 g/mol. The second-order valence-electron chi connectivity index (χ2n) is 6.85. The summed E-state index contributed by atoms with van der Waals surface area (Å²) in [5, 5.41) is 13.1. The summed E-state index contributed by atoms with van der Waals surface area (Å²) < 4.78 is 5.79. The minimum absolute atomic E-state index is 0. The zero-order chi connectivity index (χ0) is 18.9. The molecule has 0 spiro atoms. The van der Waals surface area contributed by atoms with Crippen LogP contribution in [0.1, 0.15) is 30.0 Å². The highest BCUT2D eigenvalue weighted by atomic mass is 127. The molecule has 0 aromatic heterocycles. The molecular formula is C22H30IN3O2. The number of rotatable bonds is 7. The van der Waals surface area contributed by atoms with Gasteiger partial charge in [-0.15, -0.1) is 24.0 Å². The van der Waals surface area contributed by atoms with E-state index in [1.807, 2.05) is 18.2 Å². The van der Waals surface area contributed by atoms with Crippen LogP contribution in [-0.4, -0.2) is 41.7 Å². The number of benzene rings is 2. The first-order valence-electron chi connectivity index (χ1n) is 9.65. The van der Waals surface area contributed by atoms with Gasteiger partial charge in [0.05, 0.1) is 25.9 Å². The summed E-state index contributed by atoms with van der Waals surface area (Å²) in [7, 11) is 0. The Bertz CT molecular complexity index is 722. The van der Waals surface area contributed by atoms with Gasteiger partial charge < -0.3 is 20.1 Å². The molecule has 2 aromatic rings. The van der Waals surface area contributed by atoms with Gasteiger partial charge in [0.15, 0.2) is 5.96 Å². The number of nitrogens with one attached hydrogen (secondary N) is 1. The van der Waals surface area contributed by atoms with Crippen molar-refractivity contribution in [1.82, 2.24) is 10.2 Å². The smallest absolute Gasteiger partial charge is 0.194 e. The van der Waals surface area contributed by atoms with Gasteiger partial charge in [-0.2, -0.15) is 0 Å². The van der Waals surface area contributed by atoms with Gasteiger partial charge in [-0.05, 0) is 30.0 Å². The van der Waals surface area contributed by atoms with E-state index < -0.39 is 0 Å². The number of hydrogen-bond donors (Lipinski definition) is 2. The number of aliphatic hydroxyl groups excluding tert-OH is 1. The molecule has 0 radical (unpaired) electrons. The standard InChI is InChI=1S/C22H29N3O2.HI/c1-2-23-22(25-13-12-21(26)15-25)24-14-18-8-10-20(11-9-18)17-27-16-19-6-4-3-5-7-19;/h3-11,21,26H,2,12-17H2,1H3,(H,23,24);1H/t21-;/m1./s1. The van der Waals surface area contributed by atoms with Gasteiger partial charge >= 0.3 is 0 Å². The Morgan fingerprint density at radius 1 is 1.07 bits per heavy atom. The largest absolute Gasteiger partial charge is 0.391 e. The fraction of sp³-hybridized carbons (Fsp3) is 0.409. The first-order valence-corrected chi connectivity index (χ1v) is 9.65. The van der Waals surface area contributed by atoms with Crippen molar-refractivity contribution in [3.63, 3.8) is 0 Å². The van der Waals surface area contributed by atoms with Crippen molar-refractivity contribution in [1.29, 1.82) is 0 Å². The van der Waals surface area contributed by atoms with Gasteiger partial charge in [0.2, 0.25) is 0 Å². The number of guanidine groups is 1. The number of ether oxygens (including phenoxy) is 1. The van der Waals surface area contributed by atoms with Crippen molar-refractivity contribution in [3.05, 3.63) is 71.3 Å². The van der Waals surface area contributed by atoms with E-state index in [4.69, 9.17) is 9.73 Å². The summed E-state index contributed by atoms with van der Waals surface area (Å²) in [6.45, 7) is 6.25. The summed E-state index contributed by atoms with van der Waals surface area (Å²) >= 11 is 0. The van der Waals surface area contributed by atoms with Crippen LogP contribution in [0.3, 0.4) is 0 Å². The van der Waals surface area contributed by atoms with Gasteiger partial charge in [0.1, 0.15) is 0 Å². The lowest BCUT2D eigenvalue weighted by molar-refractivity contribution is 0.107. The molecule has 28 heavy (non-hydrogen) atoms. The summed E-state index contributed by atoms with van der Waals surface area (Å²) in [6, 6.07) is 18.6. The van der Waals surface area contributed by atoms with Crippen LogP contribution in [0.2, 0.25) is 0 Å². The van der Waals surface area contributed by atoms with Crippen LogP contribution < -0.4 is 5.32 Å². The molecule has 0 saturated carbocycles. The van der Waals surface area contributed by atoms with Crippen molar-refractivity contribution in [2.24, 2.45) is 4.99 Å². The Morgan fingerprint density at radius 2 is 1.71 bits per heavy atom. The van der Waals surface area contributed by atoms with E-state index in [1.54, 1.807) is 0 Å². The highest BCUT2D eigenvalue weighted by Crippen LogP contribution is 2.11. The Hall–Kier alpha value is -1.64. The van der Waals surface area contributed by atoms with Crippen LogP contribution in [0.15, 0.2) is 59.6 Å². The first-order chi connectivity index (χ1) is 13.2. The van der Waals surface area contributed by atoms with Gasteiger partial charge in [-0.25, -0.2) is 4.99 Å². The molecule has 1 aliphatic rings. The Balaban J connectivity index is 0.00000280. The van der Waals surface area contributed by atoms with Gasteiger partial charge in [0, 0.05) is 19.6 Å². The van der Waals surface area contributed by atoms with Gasteiger partial charge in [-0.1, -0.05) is 54.6 Å². The Morgan fingerprint density at radius 3 is 2.32 bits per heavy atom. The van der Waals surface area contributed by atoms with E-state index in [2.05, 4.69) is 53.5 Å². The lowest BCUT2D eigenvalue weighted by atomic mass is 10.1. The van der Waals surface area contributed by atoms with Crippen LogP contribution in [0, 0.1) is 0 Å². The molecule has 3 rings (SSSR count). The molecule has 1 fully saturated rings. The molecular weight excluding hydrogens is 465 g/mol. The molecule has 1 heterocycles.